The summed E-state index contributed by atoms with van der Waals surface area (Å²) in [6, 6.07) is 21.4. The fourth-order valence-electron chi connectivity index (χ4n) is 2.81. The van der Waals surface area contributed by atoms with E-state index in [0.29, 0.717) is 22.8 Å². The van der Waals surface area contributed by atoms with Crippen LogP contribution in [0.3, 0.4) is 0 Å². The van der Waals surface area contributed by atoms with Crippen molar-refractivity contribution in [3.63, 3.8) is 0 Å². The minimum Gasteiger partial charge on any atom is -0.324 e. The van der Waals surface area contributed by atoms with E-state index in [9.17, 15) is 4.79 Å². The molecule has 1 amide bonds. The lowest BCUT2D eigenvalue weighted by Gasteiger charge is -2.09. The van der Waals surface area contributed by atoms with Gasteiger partial charge in [0.05, 0.1) is 17.3 Å². The lowest BCUT2D eigenvalue weighted by Crippen LogP contribution is -2.11. The Kier molecular flexibility index (Phi) is 5.40. The highest BCUT2D eigenvalue weighted by Gasteiger charge is 2.08. The summed E-state index contributed by atoms with van der Waals surface area (Å²) in [6.45, 7) is 0. The predicted molar refractivity (Wildman–Crippen MR) is 114 cm³/mol. The Hall–Kier alpha value is -4.57. The minimum atomic E-state index is -0.257. The van der Waals surface area contributed by atoms with E-state index >= 15 is 0 Å². The standard InChI is InChI=1S/C23H16N6O/c24-15-16-4-6-18(7-5-16)22(30)27-19-2-1-3-20(14-19)28-23-26-13-10-21(29-23)17-8-11-25-12-9-17/h1-14H,(H,27,30)(H,26,28,29). The molecule has 2 heterocycles. The molecule has 2 aromatic heterocycles. The van der Waals surface area contributed by atoms with Crippen LogP contribution >= 0.6 is 0 Å². The third-order valence-electron chi connectivity index (χ3n) is 4.28. The van der Waals surface area contributed by atoms with E-state index in [0.717, 1.165) is 16.9 Å². The Morgan fingerprint density at radius 2 is 1.67 bits per heavy atom. The average molecular weight is 392 g/mol. The molecule has 0 spiro atoms. The molecule has 0 saturated carbocycles. The number of carbonyl (C=O) groups excluding carboxylic acids is 1. The van der Waals surface area contributed by atoms with Gasteiger partial charge in [0.1, 0.15) is 0 Å². The number of hydrogen-bond donors (Lipinski definition) is 2. The highest BCUT2D eigenvalue weighted by molar-refractivity contribution is 6.04. The molecule has 7 heteroatoms. The van der Waals surface area contributed by atoms with Crippen LogP contribution in [-0.4, -0.2) is 20.9 Å². The maximum absolute atomic E-state index is 12.4. The van der Waals surface area contributed by atoms with Crippen LogP contribution in [0.2, 0.25) is 0 Å². The number of carbonyl (C=O) groups is 1. The Bertz CT molecular complexity index is 1220. The van der Waals surface area contributed by atoms with Crippen molar-refractivity contribution in [3.05, 3.63) is 96.4 Å². The van der Waals surface area contributed by atoms with E-state index in [-0.39, 0.29) is 5.91 Å². The zero-order valence-electron chi connectivity index (χ0n) is 15.8. The van der Waals surface area contributed by atoms with Crippen molar-refractivity contribution in [2.75, 3.05) is 10.6 Å². The number of nitrogens with one attached hydrogen (secondary N) is 2. The van der Waals surface area contributed by atoms with Crippen molar-refractivity contribution in [1.29, 1.82) is 5.26 Å². The molecule has 0 radical (unpaired) electrons. The molecule has 4 aromatic rings. The summed E-state index contributed by atoms with van der Waals surface area (Å²) in [5, 5.41) is 14.9. The zero-order chi connectivity index (χ0) is 20.8. The minimum absolute atomic E-state index is 0.257. The van der Waals surface area contributed by atoms with Gasteiger partial charge in [0, 0.05) is 41.1 Å². The molecule has 0 saturated heterocycles. The molecule has 0 aliphatic heterocycles. The van der Waals surface area contributed by atoms with Gasteiger partial charge < -0.3 is 10.6 Å². The molecule has 2 aromatic carbocycles. The first-order chi connectivity index (χ1) is 14.7. The first-order valence-electron chi connectivity index (χ1n) is 9.13. The molecular formula is C23H16N6O. The molecule has 7 nitrogen and oxygen atoms in total. The van der Waals surface area contributed by atoms with E-state index in [1.165, 1.54) is 0 Å². The smallest absolute Gasteiger partial charge is 0.255 e. The van der Waals surface area contributed by atoms with Gasteiger partial charge in [-0.1, -0.05) is 6.07 Å². The largest absolute Gasteiger partial charge is 0.324 e. The fraction of sp³-hybridized carbons (Fsp3) is 0. The van der Waals surface area contributed by atoms with E-state index in [1.54, 1.807) is 55.0 Å². The number of nitrogens with zero attached hydrogens (tertiary/aromatic N) is 4. The monoisotopic (exact) mass is 392 g/mol. The highest BCUT2D eigenvalue weighted by atomic mass is 16.1. The summed E-state index contributed by atoms with van der Waals surface area (Å²) in [6.07, 6.45) is 5.11. The van der Waals surface area contributed by atoms with E-state index < -0.39 is 0 Å². The van der Waals surface area contributed by atoms with Gasteiger partial charge in [-0.3, -0.25) is 9.78 Å². The lowest BCUT2D eigenvalue weighted by atomic mass is 10.1. The number of pyridine rings is 1. The third kappa shape index (κ3) is 4.46. The van der Waals surface area contributed by atoms with Gasteiger partial charge in [-0.25, -0.2) is 9.97 Å². The highest BCUT2D eigenvalue weighted by Crippen LogP contribution is 2.21. The molecule has 30 heavy (non-hydrogen) atoms. The molecule has 4 rings (SSSR count). The molecule has 144 valence electrons. The second-order valence-electron chi connectivity index (χ2n) is 6.35. The molecule has 0 bridgehead atoms. The number of nitriles is 1. The first-order valence-corrected chi connectivity index (χ1v) is 9.13. The Balaban J connectivity index is 1.48. The summed E-state index contributed by atoms with van der Waals surface area (Å²) in [5.74, 6) is 0.187. The third-order valence-corrected chi connectivity index (χ3v) is 4.28. The molecule has 0 aliphatic rings. The van der Waals surface area contributed by atoms with Gasteiger partial charge in [-0.05, 0) is 60.7 Å². The van der Waals surface area contributed by atoms with Gasteiger partial charge in [-0.2, -0.15) is 5.26 Å². The molecule has 2 N–H and O–H groups in total. The van der Waals surface area contributed by atoms with E-state index in [2.05, 4.69) is 25.6 Å². The van der Waals surface area contributed by atoms with Crippen molar-refractivity contribution >= 4 is 23.2 Å². The van der Waals surface area contributed by atoms with Crippen molar-refractivity contribution in [3.8, 4) is 17.3 Å². The zero-order valence-corrected chi connectivity index (χ0v) is 15.8. The molecule has 0 fully saturated rings. The van der Waals surface area contributed by atoms with Crippen LogP contribution in [0.25, 0.3) is 11.3 Å². The summed E-state index contributed by atoms with van der Waals surface area (Å²) in [5.41, 5.74) is 4.06. The van der Waals surface area contributed by atoms with Gasteiger partial charge in [0.15, 0.2) is 0 Å². The Labute approximate surface area is 173 Å². The van der Waals surface area contributed by atoms with Crippen molar-refractivity contribution in [2.24, 2.45) is 0 Å². The fourth-order valence-corrected chi connectivity index (χ4v) is 2.81. The van der Waals surface area contributed by atoms with Crippen LogP contribution in [0.1, 0.15) is 15.9 Å². The molecule has 0 unspecified atom stereocenters. The number of benzene rings is 2. The van der Waals surface area contributed by atoms with Crippen LogP contribution in [0.4, 0.5) is 17.3 Å². The molecule has 0 atom stereocenters. The number of anilines is 3. The summed E-state index contributed by atoms with van der Waals surface area (Å²) in [4.78, 5) is 25.2. The summed E-state index contributed by atoms with van der Waals surface area (Å²) in [7, 11) is 0. The predicted octanol–water partition coefficient (Wildman–Crippen LogP) is 4.41. The quantitative estimate of drug-likeness (QED) is 0.521. The maximum atomic E-state index is 12.4. The Morgan fingerprint density at radius 1 is 0.900 bits per heavy atom. The maximum Gasteiger partial charge on any atom is 0.255 e. The number of aromatic nitrogens is 3. The van der Waals surface area contributed by atoms with Gasteiger partial charge >= 0.3 is 0 Å². The topological polar surface area (TPSA) is 104 Å². The molecular weight excluding hydrogens is 376 g/mol. The SMILES string of the molecule is N#Cc1ccc(C(=O)Nc2cccc(Nc3nccc(-c4ccncc4)n3)c2)cc1. The second kappa shape index (κ2) is 8.63. The number of rotatable bonds is 5. The number of hydrogen-bond acceptors (Lipinski definition) is 6. The summed E-state index contributed by atoms with van der Waals surface area (Å²) < 4.78 is 0. The van der Waals surface area contributed by atoms with Crippen molar-refractivity contribution in [1.82, 2.24) is 15.0 Å². The second-order valence-corrected chi connectivity index (χ2v) is 6.35. The van der Waals surface area contributed by atoms with Gasteiger partial charge in [0.25, 0.3) is 5.91 Å². The van der Waals surface area contributed by atoms with E-state index in [4.69, 9.17) is 5.26 Å². The lowest BCUT2D eigenvalue weighted by molar-refractivity contribution is 0.102. The number of amides is 1. The van der Waals surface area contributed by atoms with E-state index in [1.807, 2.05) is 36.4 Å². The summed E-state index contributed by atoms with van der Waals surface area (Å²) >= 11 is 0. The van der Waals surface area contributed by atoms with Crippen LogP contribution in [0.15, 0.2) is 85.3 Å². The van der Waals surface area contributed by atoms with Crippen LogP contribution < -0.4 is 10.6 Å². The van der Waals surface area contributed by atoms with Gasteiger partial charge in [0.2, 0.25) is 5.95 Å². The van der Waals surface area contributed by atoms with Crippen LogP contribution in [0.5, 0.6) is 0 Å². The molecule has 0 aliphatic carbocycles. The van der Waals surface area contributed by atoms with Crippen LogP contribution in [0, 0.1) is 11.3 Å². The Morgan fingerprint density at radius 3 is 2.43 bits per heavy atom. The van der Waals surface area contributed by atoms with Gasteiger partial charge in [-0.15, -0.1) is 0 Å². The normalized spacial score (nSPS) is 10.1. The van der Waals surface area contributed by atoms with Crippen molar-refractivity contribution < 1.29 is 4.79 Å². The van der Waals surface area contributed by atoms with Crippen LogP contribution in [-0.2, 0) is 0 Å². The van der Waals surface area contributed by atoms with Crippen molar-refractivity contribution in [2.45, 2.75) is 0 Å². The average Bonchev–Trinajstić information content (AvgIpc) is 2.80. The first kappa shape index (κ1) is 18.8.